The van der Waals surface area contributed by atoms with Crippen LogP contribution < -0.4 is 10.5 Å². The van der Waals surface area contributed by atoms with Gasteiger partial charge in [0.05, 0.1) is 23.2 Å². The molecule has 1 aliphatic carbocycles. The monoisotopic (exact) mass is 372 g/mol. The maximum atomic E-state index is 13.2. The third-order valence-corrected chi connectivity index (χ3v) is 6.82. The van der Waals surface area contributed by atoms with Gasteiger partial charge in [-0.1, -0.05) is 12.8 Å². The van der Waals surface area contributed by atoms with Crippen molar-refractivity contribution in [3.05, 3.63) is 36.3 Å². The molecule has 2 heterocycles. The van der Waals surface area contributed by atoms with E-state index in [4.69, 9.17) is 10.5 Å². The Morgan fingerprint density at radius 3 is 2.50 bits per heavy atom. The van der Waals surface area contributed by atoms with Gasteiger partial charge in [0.15, 0.2) is 0 Å². The minimum absolute atomic E-state index is 0.0133. The Bertz CT molecular complexity index is 1050. The molecule has 2 aromatic heterocycles. The molecule has 26 heavy (non-hydrogen) atoms. The van der Waals surface area contributed by atoms with Gasteiger partial charge in [0, 0.05) is 5.92 Å². The number of nitrogens with one attached hydrogen (secondary N) is 1. The van der Waals surface area contributed by atoms with Gasteiger partial charge in [0.25, 0.3) is 0 Å². The van der Waals surface area contributed by atoms with E-state index in [-0.39, 0.29) is 15.6 Å². The SMILES string of the molecule is COc1ccc(S(=O)(=O)c2c(N)[nH]c3c(C4CCCC4)ncnc23)cc1. The van der Waals surface area contributed by atoms with Gasteiger partial charge in [0.2, 0.25) is 9.84 Å². The molecule has 0 bridgehead atoms. The molecule has 0 aliphatic heterocycles. The van der Waals surface area contributed by atoms with E-state index >= 15 is 0 Å². The van der Waals surface area contributed by atoms with Crippen molar-refractivity contribution >= 4 is 26.7 Å². The summed E-state index contributed by atoms with van der Waals surface area (Å²) in [6.07, 6.45) is 5.83. The molecule has 8 heteroatoms. The van der Waals surface area contributed by atoms with Crippen molar-refractivity contribution < 1.29 is 13.2 Å². The van der Waals surface area contributed by atoms with Gasteiger partial charge in [-0.2, -0.15) is 0 Å². The number of hydrogen-bond donors (Lipinski definition) is 2. The molecular formula is C18H20N4O3S. The number of nitrogens with zero attached hydrogens (tertiary/aromatic N) is 2. The normalized spacial score (nSPS) is 15.6. The Kier molecular flexibility index (Phi) is 4.07. The van der Waals surface area contributed by atoms with Crippen molar-refractivity contribution in [2.75, 3.05) is 12.8 Å². The van der Waals surface area contributed by atoms with Crippen molar-refractivity contribution in [1.82, 2.24) is 15.0 Å². The summed E-state index contributed by atoms with van der Waals surface area (Å²) < 4.78 is 31.4. The zero-order valence-corrected chi connectivity index (χ0v) is 15.2. The number of ether oxygens (including phenoxy) is 1. The lowest BCUT2D eigenvalue weighted by Crippen LogP contribution is -2.05. The highest BCUT2D eigenvalue weighted by molar-refractivity contribution is 7.92. The summed E-state index contributed by atoms with van der Waals surface area (Å²) in [4.78, 5) is 11.8. The first-order valence-electron chi connectivity index (χ1n) is 8.53. The van der Waals surface area contributed by atoms with Gasteiger partial charge in [-0.05, 0) is 37.1 Å². The number of rotatable bonds is 4. The quantitative estimate of drug-likeness (QED) is 0.728. The van der Waals surface area contributed by atoms with E-state index in [0.717, 1.165) is 31.4 Å². The number of sulfone groups is 1. The Hall–Kier alpha value is -2.61. The Morgan fingerprint density at radius 2 is 1.85 bits per heavy atom. The first kappa shape index (κ1) is 16.8. The summed E-state index contributed by atoms with van der Waals surface area (Å²) in [5.41, 5.74) is 7.92. The Morgan fingerprint density at radius 1 is 1.15 bits per heavy atom. The first-order chi connectivity index (χ1) is 12.5. The van der Waals surface area contributed by atoms with Crippen LogP contribution in [0.25, 0.3) is 11.0 Å². The second-order valence-electron chi connectivity index (χ2n) is 6.51. The molecule has 7 nitrogen and oxygen atoms in total. The van der Waals surface area contributed by atoms with Crippen LogP contribution >= 0.6 is 0 Å². The zero-order chi connectivity index (χ0) is 18.3. The van der Waals surface area contributed by atoms with Gasteiger partial charge >= 0.3 is 0 Å². The molecule has 4 rings (SSSR count). The Labute approximate surface area is 151 Å². The highest BCUT2D eigenvalue weighted by Crippen LogP contribution is 2.39. The minimum atomic E-state index is -3.82. The number of anilines is 1. The molecule has 0 unspecified atom stereocenters. The molecule has 136 valence electrons. The van der Waals surface area contributed by atoms with Gasteiger partial charge < -0.3 is 15.5 Å². The number of aromatic nitrogens is 3. The van der Waals surface area contributed by atoms with Crippen molar-refractivity contribution in [3.8, 4) is 5.75 Å². The van der Waals surface area contributed by atoms with Crippen molar-refractivity contribution in [3.63, 3.8) is 0 Å². The predicted molar refractivity (Wildman–Crippen MR) is 98.0 cm³/mol. The van der Waals surface area contributed by atoms with Gasteiger partial charge in [-0.15, -0.1) is 0 Å². The molecule has 1 saturated carbocycles. The predicted octanol–water partition coefficient (Wildman–Crippen LogP) is 3.04. The van der Waals surface area contributed by atoms with E-state index in [9.17, 15) is 8.42 Å². The topological polar surface area (TPSA) is 111 Å². The van der Waals surface area contributed by atoms with E-state index in [1.807, 2.05) is 0 Å². The van der Waals surface area contributed by atoms with Crippen molar-refractivity contribution in [2.24, 2.45) is 0 Å². The highest BCUT2D eigenvalue weighted by atomic mass is 32.2. The lowest BCUT2D eigenvalue weighted by molar-refractivity contribution is 0.414. The number of methoxy groups -OCH3 is 1. The van der Waals surface area contributed by atoms with E-state index in [1.54, 1.807) is 12.1 Å². The molecule has 1 fully saturated rings. The summed E-state index contributed by atoms with van der Waals surface area (Å²) in [6, 6.07) is 6.23. The standard InChI is InChI=1S/C18H20N4O3S/c1-25-12-6-8-13(9-7-12)26(23,24)17-16-15(22-18(17)19)14(20-10-21-16)11-4-2-3-5-11/h6-11,22H,2-5,19H2,1H3. The van der Waals surface area contributed by atoms with Crippen LogP contribution in [0, 0.1) is 0 Å². The zero-order valence-electron chi connectivity index (χ0n) is 14.4. The maximum Gasteiger partial charge on any atom is 0.212 e. The largest absolute Gasteiger partial charge is 0.497 e. The maximum absolute atomic E-state index is 13.2. The van der Waals surface area contributed by atoms with Crippen LogP contribution in [0.2, 0.25) is 0 Å². The number of nitrogens with two attached hydrogens (primary N) is 1. The second kappa shape index (κ2) is 6.28. The number of fused-ring (bicyclic) bond motifs is 1. The van der Waals surface area contributed by atoms with E-state index in [1.165, 1.54) is 25.6 Å². The summed E-state index contributed by atoms with van der Waals surface area (Å²) >= 11 is 0. The molecule has 0 amide bonds. The summed E-state index contributed by atoms with van der Waals surface area (Å²) in [6.45, 7) is 0. The molecule has 1 aliphatic rings. The fourth-order valence-electron chi connectivity index (χ4n) is 3.67. The molecule has 3 aromatic rings. The van der Waals surface area contributed by atoms with Crippen molar-refractivity contribution in [2.45, 2.75) is 41.4 Å². The van der Waals surface area contributed by atoms with Crippen LogP contribution in [-0.4, -0.2) is 30.5 Å². The van der Waals surface area contributed by atoms with Crippen LogP contribution in [0.5, 0.6) is 5.75 Å². The molecule has 0 radical (unpaired) electrons. The average Bonchev–Trinajstić information content (AvgIpc) is 3.28. The lowest BCUT2D eigenvalue weighted by atomic mass is 10.0. The minimum Gasteiger partial charge on any atom is -0.497 e. The molecule has 0 spiro atoms. The first-order valence-corrected chi connectivity index (χ1v) is 10.0. The van der Waals surface area contributed by atoms with Crippen LogP contribution in [0.4, 0.5) is 5.82 Å². The van der Waals surface area contributed by atoms with E-state index in [0.29, 0.717) is 22.7 Å². The van der Waals surface area contributed by atoms with Crippen molar-refractivity contribution in [1.29, 1.82) is 0 Å². The van der Waals surface area contributed by atoms with Crippen LogP contribution in [0.1, 0.15) is 37.3 Å². The van der Waals surface area contributed by atoms with Gasteiger partial charge in [-0.3, -0.25) is 0 Å². The number of H-pyrrole nitrogens is 1. The molecule has 0 atom stereocenters. The third-order valence-electron chi connectivity index (χ3n) is 4.98. The number of benzene rings is 1. The Balaban J connectivity index is 1.88. The van der Waals surface area contributed by atoms with Gasteiger partial charge in [-0.25, -0.2) is 18.4 Å². The smallest absolute Gasteiger partial charge is 0.212 e. The van der Waals surface area contributed by atoms with Crippen LogP contribution in [0.3, 0.4) is 0 Å². The number of hydrogen-bond acceptors (Lipinski definition) is 6. The van der Waals surface area contributed by atoms with E-state index < -0.39 is 9.84 Å². The van der Waals surface area contributed by atoms with Crippen LogP contribution in [-0.2, 0) is 9.84 Å². The number of aromatic amines is 1. The van der Waals surface area contributed by atoms with E-state index in [2.05, 4.69) is 15.0 Å². The molecule has 1 aromatic carbocycles. The summed E-state index contributed by atoms with van der Waals surface area (Å²) in [5, 5.41) is 0. The van der Waals surface area contributed by atoms with Crippen LogP contribution in [0.15, 0.2) is 40.4 Å². The third kappa shape index (κ3) is 2.61. The fourth-order valence-corrected chi connectivity index (χ4v) is 5.15. The molecular weight excluding hydrogens is 352 g/mol. The molecule has 3 N–H and O–H groups in total. The molecule has 0 saturated heterocycles. The average molecular weight is 372 g/mol. The summed E-state index contributed by atoms with van der Waals surface area (Å²) in [7, 11) is -2.29. The number of nitrogen functional groups attached to an aromatic ring is 1. The highest BCUT2D eigenvalue weighted by Gasteiger charge is 2.29. The second-order valence-corrected chi connectivity index (χ2v) is 8.40. The van der Waals surface area contributed by atoms with Gasteiger partial charge in [0.1, 0.15) is 28.3 Å². The summed E-state index contributed by atoms with van der Waals surface area (Å²) in [5.74, 6) is 0.993. The fraction of sp³-hybridized carbons (Fsp3) is 0.333. The lowest BCUT2D eigenvalue weighted by Gasteiger charge is -2.09.